The van der Waals surface area contributed by atoms with Gasteiger partial charge in [0.1, 0.15) is 0 Å². The summed E-state index contributed by atoms with van der Waals surface area (Å²) in [5.41, 5.74) is 0. The zero-order chi connectivity index (χ0) is 8.74. The highest BCUT2D eigenvalue weighted by Crippen LogP contribution is 2.06. The number of aromatic nitrogens is 2. The van der Waals surface area contributed by atoms with Crippen LogP contribution in [0.25, 0.3) is 0 Å². The van der Waals surface area contributed by atoms with Gasteiger partial charge in [-0.25, -0.2) is 0 Å². The van der Waals surface area contributed by atoms with E-state index in [0.717, 1.165) is 0 Å². The molecule has 7 heteroatoms. The van der Waals surface area contributed by atoms with Crippen LogP contribution in [0.1, 0.15) is 0 Å². The summed E-state index contributed by atoms with van der Waals surface area (Å²) in [6.07, 6.45) is 6.56. The molecule has 1 aromatic heterocycles. The predicted octanol–water partition coefficient (Wildman–Crippen LogP) is 1.78. The minimum Gasteiger partial charge on any atom is -0.418 e. The summed E-state index contributed by atoms with van der Waals surface area (Å²) in [6.45, 7) is 0. The van der Waals surface area contributed by atoms with Crippen molar-refractivity contribution in [1.29, 1.82) is 0 Å². The first kappa shape index (κ1) is 9.86. The third-order valence-corrected chi connectivity index (χ3v) is 0.478. The summed E-state index contributed by atoms with van der Waals surface area (Å²) in [4.78, 5) is 7.44. The minimum absolute atomic E-state index is 1.64. The van der Waals surface area contributed by atoms with Gasteiger partial charge in [-0.05, 0) is 0 Å². The van der Waals surface area contributed by atoms with Gasteiger partial charge in [0.15, 0.2) is 0 Å². The van der Waals surface area contributed by atoms with Crippen LogP contribution in [0.15, 0.2) is 24.8 Å². The van der Waals surface area contributed by atoms with Crippen molar-refractivity contribution in [2.75, 3.05) is 0 Å². The first-order valence-electron chi connectivity index (χ1n) is 2.57. The fourth-order valence-electron chi connectivity index (χ4n) is 0.253. The number of hydrogen-bond donors (Lipinski definition) is 0. The van der Waals surface area contributed by atoms with Gasteiger partial charge in [-0.1, -0.05) is 0 Å². The van der Waals surface area contributed by atoms with Crippen LogP contribution in [0.3, 0.4) is 0 Å². The largest absolute Gasteiger partial charge is 0.673 e. The van der Waals surface area contributed by atoms with Crippen molar-refractivity contribution < 1.29 is 17.3 Å². The molecule has 0 fully saturated rings. The van der Waals surface area contributed by atoms with Crippen molar-refractivity contribution >= 4 is 7.25 Å². The maximum absolute atomic E-state index is 9.75. The van der Waals surface area contributed by atoms with E-state index in [-0.39, 0.29) is 0 Å². The Labute approximate surface area is 60.4 Å². The first-order chi connectivity index (χ1) is 5.00. The monoisotopic (exact) mass is 167 g/mol. The lowest BCUT2D eigenvalue weighted by Gasteiger charge is -1.94. The molecule has 0 unspecified atom stereocenters. The minimum atomic E-state index is -6.00. The molecule has 0 amide bonds. The van der Waals surface area contributed by atoms with Crippen molar-refractivity contribution in [3.63, 3.8) is 0 Å². The smallest absolute Gasteiger partial charge is 0.418 e. The highest BCUT2D eigenvalue weighted by Gasteiger charge is 2.20. The second-order valence-electron chi connectivity index (χ2n) is 1.39. The Morgan fingerprint density at radius 1 is 0.727 bits per heavy atom. The van der Waals surface area contributed by atoms with E-state index >= 15 is 0 Å². The summed E-state index contributed by atoms with van der Waals surface area (Å²) in [5.74, 6) is 0. The topological polar surface area (TPSA) is 25.8 Å². The second-order valence-corrected chi connectivity index (χ2v) is 1.39. The van der Waals surface area contributed by atoms with Crippen LogP contribution in [0.2, 0.25) is 0 Å². The Kier molecular flexibility index (Phi) is 4.17. The van der Waals surface area contributed by atoms with E-state index in [1.54, 1.807) is 24.8 Å². The van der Waals surface area contributed by atoms with Crippen LogP contribution in [0.5, 0.6) is 0 Å². The molecular formula is C4H4BF4N2-. The third kappa shape index (κ3) is 17.7. The molecule has 1 heterocycles. The lowest BCUT2D eigenvalue weighted by atomic mass is 10.3. The van der Waals surface area contributed by atoms with Gasteiger partial charge in [-0.3, -0.25) is 9.97 Å². The average Bonchev–Trinajstić information content (AvgIpc) is 1.88. The third-order valence-electron chi connectivity index (χ3n) is 0.478. The van der Waals surface area contributed by atoms with Crippen LogP contribution in [0.4, 0.5) is 17.3 Å². The number of halogens is 4. The summed E-state index contributed by atoms with van der Waals surface area (Å²) in [6, 6.07) is 0. The van der Waals surface area contributed by atoms with E-state index in [1.807, 2.05) is 0 Å². The Morgan fingerprint density at radius 2 is 0.909 bits per heavy atom. The van der Waals surface area contributed by atoms with Crippen molar-refractivity contribution in [3.05, 3.63) is 24.8 Å². The molecule has 0 N–H and O–H groups in total. The molecule has 0 aliphatic heterocycles. The van der Waals surface area contributed by atoms with Gasteiger partial charge >= 0.3 is 7.25 Å². The highest BCUT2D eigenvalue weighted by molar-refractivity contribution is 6.50. The van der Waals surface area contributed by atoms with Gasteiger partial charge in [-0.2, -0.15) is 0 Å². The Hall–Kier alpha value is -1.14. The SMILES string of the molecule is F[B-](F)(F)F.c1cnccn1. The molecule has 0 bridgehead atoms. The molecule has 0 radical (unpaired) electrons. The normalized spacial score (nSPS) is 9.82. The van der Waals surface area contributed by atoms with E-state index in [0.29, 0.717) is 0 Å². The molecule has 0 aliphatic carbocycles. The van der Waals surface area contributed by atoms with Crippen LogP contribution < -0.4 is 0 Å². The molecule has 0 aliphatic rings. The number of rotatable bonds is 0. The van der Waals surface area contributed by atoms with E-state index < -0.39 is 7.25 Å². The zero-order valence-electron chi connectivity index (χ0n) is 5.29. The van der Waals surface area contributed by atoms with Gasteiger partial charge in [-0.15, -0.1) is 0 Å². The fraction of sp³-hybridized carbons (Fsp3) is 0. The molecule has 1 aromatic rings. The molecule has 0 spiro atoms. The lowest BCUT2D eigenvalue weighted by molar-refractivity contribution is 0.368. The molecule has 0 saturated carbocycles. The second kappa shape index (κ2) is 4.65. The van der Waals surface area contributed by atoms with Gasteiger partial charge < -0.3 is 17.3 Å². The first-order valence-corrected chi connectivity index (χ1v) is 2.57. The Morgan fingerprint density at radius 3 is 1.00 bits per heavy atom. The highest BCUT2D eigenvalue weighted by atomic mass is 19.5. The molecule has 0 saturated heterocycles. The van der Waals surface area contributed by atoms with E-state index in [4.69, 9.17) is 0 Å². The standard InChI is InChI=1S/C4H4N2.BF4/c1-2-6-4-3-5-1;2-1(3,4)5/h1-4H;/q;-1. The molecule has 62 valence electrons. The summed E-state index contributed by atoms with van der Waals surface area (Å²) in [5, 5.41) is 0. The number of hydrogen-bond acceptors (Lipinski definition) is 2. The summed E-state index contributed by atoms with van der Waals surface area (Å²) in [7, 11) is -6.00. The van der Waals surface area contributed by atoms with Crippen LogP contribution in [-0.4, -0.2) is 17.2 Å². The van der Waals surface area contributed by atoms with Crippen molar-refractivity contribution in [2.45, 2.75) is 0 Å². The van der Waals surface area contributed by atoms with Crippen molar-refractivity contribution in [1.82, 2.24) is 9.97 Å². The van der Waals surface area contributed by atoms with Crippen molar-refractivity contribution in [3.8, 4) is 0 Å². The quantitative estimate of drug-likeness (QED) is 0.434. The zero-order valence-corrected chi connectivity index (χ0v) is 5.29. The van der Waals surface area contributed by atoms with Gasteiger partial charge in [0.05, 0.1) is 0 Å². The van der Waals surface area contributed by atoms with Gasteiger partial charge in [0, 0.05) is 24.8 Å². The van der Waals surface area contributed by atoms with E-state index in [1.165, 1.54) is 0 Å². The van der Waals surface area contributed by atoms with Gasteiger partial charge in [0.2, 0.25) is 0 Å². The maximum Gasteiger partial charge on any atom is 0.673 e. The van der Waals surface area contributed by atoms with Gasteiger partial charge in [0.25, 0.3) is 0 Å². The molecule has 0 atom stereocenters. The Bertz CT molecular complexity index is 144. The molecule has 1 rings (SSSR count). The van der Waals surface area contributed by atoms with E-state index in [2.05, 4.69) is 9.97 Å². The number of nitrogens with zero attached hydrogens (tertiary/aromatic N) is 2. The molecule has 0 aromatic carbocycles. The lowest BCUT2D eigenvalue weighted by Crippen LogP contribution is -2.02. The van der Waals surface area contributed by atoms with Crippen LogP contribution in [-0.2, 0) is 0 Å². The molecule has 2 nitrogen and oxygen atoms in total. The maximum atomic E-state index is 9.75. The fourth-order valence-corrected chi connectivity index (χ4v) is 0.253. The summed E-state index contributed by atoms with van der Waals surface area (Å²) >= 11 is 0. The molecular weight excluding hydrogens is 163 g/mol. The predicted molar refractivity (Wildman–Crippen MR) is 32.2 cm³/mol. The van der Waals surface area contributed by atoms with Crippen molar-refractivity contribution in [2.24, 2.45) is 0 Å². The van der Waals surface area contributed by atoms with Crippen LogP contribution in [0, 0.1) is 0 Å². The molecule has 11 heavy (non-hydrogen) atoms. The average molecular weight is 167 g/mol. The van der Waals surface area contributed by atoms with E-state index in [9.17, 15) is 17.3 Å². The summed E-state index contributed by atoms with van der Waals surface area (Å²) < 4.78 is 39.0. The Balaban J connectivity index is 0.000000187. The van der Waals surface area contributed by atoms with Crippen LogP contribution >= 0.6 is 0 Å².